The summed E-state index contributed by atoms with van der Waals surface area (Å²) >= 11 is 0. The Balaban J connectivity index is 0.00000119. The fourth-order valence-electron chi connectivity index (χ4n) is 3.67. The molecule has 3 heterocycles. The van der Waals surface area contributed by atoms with Crippen molar-refractivity contribution >= 4 is 43.6 Å². The first-order valence-electron chi connectivity index (χ1n) is 12.6. The van der Waals surface area contributed by atoms with Gasteiger partial charge in [-0.05, 0) is 39.8 Å². The summed E-state index contributed by atoms with van der Waals surface area (Å²) < 4.78 is 41.3. The molecule has 0 saturated carbocycles. The first-order chi connectivity index (χ1) is 20.3. The van der Waals surface area contributed by atoms with Crippen LogP contribution in [0.5, 0.6) is 23.0 Å². The zero-order valence-electron chi connectivity index (χ0n) is 24.8. The van der Waals surface area contributed by atoms with Crippen molar-refractivity contribution in [1.29, 1.82) is 0 Å². The highest BCUT2D eigenvalue weighted by Crippen LogP contribution is 2.41. The number of pyridine rings is 1. The average molecular weight is 621 g/mol. The van der Waals surface area contributed by atoms with Gasteiger partial charge in [0.25, 0.3) is 5.91 Å². The number of allylic oxidation sites excluding steroid dienone is 1. The van der Waals surface area contributed by atoms with E-state index in [9.17, 15) is 9.18 Å². The Labute approximate surface area is 249 Å². The first-order valence-corrected chi connectivity index (χ1v) is 13.8. The summed E-state index contributed by atoms with van der Waals surface area (Å²) in [4.78, 5) is 44.8. The molecule has 2 aromatic heterocycles. The molecule has 43 heavy (non-hydrogen) atoms. The van der Waals surface area contributed by atoms with Gasteiger partial charge in [0, 0.05) is 17.8 Å². The van der Waals surface area contributed by atoms with Gasteiger partial charge in [0.05, 0.1) is 27.5 Å². The summed E-state index contributed by atoms with van der Waals surface area (Å²) in [5.74, 6) is 0.0869. The van der Waals surface area contributed by atoms with Crippen LogP contribution in [0.15, 0.2) is 42.6 Å². The molecule has 1 aliphatic rings. The van der Waals surface area contributed by atoms with E-state index in [-0.39, 0.29) is 29.2 Å². The Hall–Kier alpha value is -4.30. The van der Waals surface area contributed by atoms with Crippen LogP contribution in [-0.4, -0.2) is 64.3 Å². The summed E-state index contributed by atoms with van der Waals surface area (Å²) in [5, 5.41) is 5.71. The number of carbonyl (C=O) groups excluding carboxylic acids is 1. The Morgan fingerprint density at radius 2 is 1.72 bits per heavy atom. The van der Waals surface area contributed by atoms with E-state index >= 15 is 0 Å². The van der Waals surface area contributed by atoms with Crippen LogP contribution in [0, 0.1) is 5.82 Å². The average Bonchev–Trinajstić information content (AvgIpc) is 2.94. The number of ether oxygens (including phenoxy) is 4. The SMILES string of the molecule is C=C(C)C.COc1cc(Nc2ncc(F)c(Nc3ccc4c(n3)N(COP(O)O)C(=O)C(C)(C)O4)n2)cc(OC)c1OC. The van der Waals surface area contributed by atoms with Crippen LogP contribution in [0.3, 0.4) is 0 Å². The van der Waals surface area contributed by atoms with Gasteiger partial charge in [-0.25, -0.2) is 14.4 Å². The van der Waals surface area contributed by atoms with E-state index in [1.54, 1.807) is 26.0 Å². The second kappa shape index (κ2) is 14.2. The van der Waals surface area contributed by atoms with Crippen LogP contribution < -0.4 is 34.5 Å². The summed E-state index contributed by atoms with van der Waals surface area (Å²) in [7, 11) is 1.71. The van der Waals surface area contributed by atoms with Crippen molar-refractivity contribution in [2.45, 2.75) is 33.3 Å². The molecule has 3 aromatic rings. The zero-order valence-corrected chi connectivity index (χ0v) is 25.7. The fourth-order valence-corrected chi connectivity index (χ4v) is 3.88. The second-order valence-electron chi connectivity index (χ2n) is 9.64. The summed E-state index contributed by atoms with van der Waals surface area (Å²) in [6.07, 6.45) is 0.966. The standard InChI is InChI=1S/C23H26FN6O8P.C4H8/c1-23(2)21(31)30(11-37-39(32)33)20-14(38-23)6-7-17(28-20)27-19-13(24)10-25-22(29-19)26-12-8-15(34-3)18(36-5)16(9-12)35-4;1-4(2)3/h6-10,32-33H,11H2,1-5H3,(H2,25,26,27,28,29);1H2,2-3H3. The number of rotatable bonds is 10. The number of methoxy groups -OCH3 is 3. The molecule has 0 bridgehead atoms. The number of fused-ring (bicyclic) bond motifs is 1. The molecule has 16 heteroatoms. The van der Waals surface area contributed by atoms with Gasteiger partial charge in [-0.2, -0.15) is 4.98 Å². The number of benzene rings is 1. The largest absolute Gasteiger partial charge is 0.493 e. The molecule has 4 N–H and O–H groups in total. The maximum absolute atomic E-state index is 14.7. The van der Waals surface area contributed by atoms with Crippen LogP contribution in [0.25, 0.3) is 0 Å². The highest BCUT2D eigenvalue weighted by molar-refractivity contribution is 7.39. The van der Waals surface area contributed by atoms with E-state index in [0.717, 1.165) is 11.1 Å². The maximum atomic E-state index is 14.7. The molecular formula is C27H34FN6O8P. The summed E-state index contributed by atoms with van der Waals surface area (Å²) in [5.41, 5.74) is 0.392. The summed E-state index contributed by atoms with van der Waals surface area (Å²) in [6.45, 7) is 10.1. The first kappa shape index (κ1) is 33.2. The fraction of sp³-hybridized carbons (Fsp3) is 0.333. The minimum Gasteiger partial charge on any atom is -0.493 e. The predicted octanol–water partition coefficient (Wildman–Crippen LogP) is 4.80. The van der Waals surface area contributed by atoms with Gasteiger partial charge in [0.15, 0.2) is 40.3 Å². The molecule has 14 nitrogen and oxygen atoms in total. The maximum Gasteiger partial charge on any atom is 0.328 e. The molecule has 0 spiro atoms. The van der Waals surface area contributed by atoms with E-state index in [0.29, 0.717) is 22.9 Å². The number of anilines is 5. The van der Waals surface area contributed by atoms with Gasteiger partial charge >= 0.3 is 8.60 Å². The lowest BCUT2D eigenvalue weighted by Gasteiger charge is -2.37. The molecule has 0 unspecified atom stereocenters. The highest BCUT2D eigenvalue weighted by atomic mass is 31.2. The van der Waals surface area contributed by atoms with Gasteiger partial charge in [-0.3, -0.25) is 14.2 Å². The molecule has 1 amide bonds. The van der Waals surface area contributed by atoms with Gasteiger partial charge < -0.3 is 39.4 Å². The lowest BCUT2D eigenvalue weighted by Crippen LogP contribution is -2.53. The van der Waals surface area contributed by atoms with Crippen molar-refractivity contribution in [2.24, 2.45) is 0 Å². The number of hydrogen-bond donors (Lipinski definition) is 4. The number of nitrogens with zero attached hydrogens (tertiary/aromatic N) is 4. The van der Waals surface area contributed by atoms with Crippen LogP contribution in [-0.2, 0) is 9.32 Å². The lowest BCUT2D eigenvalue weighted by atomic mass is 10.1. The second-order valence-corrected chi connectivity index (χ2v) is 10.4. The molecule has 1 aliphatic heterocycles. The van der Waals surface area contributed by atoms with Gasteiger partial charge in [-0.15, -0.1) is 6.58 Å². The monoisotopic (exact) mass is 620 g/mol. The molecule has 0 aliphatic carbocycles. The molecule has 1 aromatic carbocycles. The predicted molar refractivity (Wildman–Crippen MR) is 159 cm³/mol. The number of nitrogens with one attached hydrogen (secondary N) is 2. The van der Waals surface area contributed by atoms with E-state index in [1.165, 1.54) is 39.0 Å². The van der Waals surface area contributed by atoms with Crippen molar-refractivity contribution in [2.75, 3.05) is 43.6 Å². The molecule has 0 fully saturated rings. The van der Waals surface area contributed by atoms with Crippen molar-refractivity contribution in [1.82, 2.24) is 15.0 Å². The third-order valence-electron chi connectivity index (χ3n) is 5.43. The third-order valence-corrected chi connectivity index (χ3v) is 5.78. The van der Waals surface area contributed by atoms with Gasteiger partial charge in [0.2, 0.25) is 11.7 Å². The quantitative estimate of drug-likeness (QED) is 0.180. The Kier molecular flexibility index (Phi) is 11.0. The minimum atomic E-state index is -2.73. The summed E-state index contributed by atoms with van der Waals surface area (Å²) in [6, 6.07) is 6.29. The topological polar surface area (TPSA) is 170 Å². The van der Waals surface area contributed by atoms with Crippen LogP contribution in [0.4, 0.5) is 33.5 Å². The highest BCUT2D eigenvalue weighted by Gasteiger charge is 2.42. The van der Waals surface area contributed by atoms with Crippen molar-refractivity contribution in [3.05, 3.63) is 48.4 Å². The number of carbonyl (C=O) groups is 1. The minimum absolute atomic E-state index is 0.0337. The number of hydrogen-bond acceptors (Lipinski definition) is 13. The molecule has 0 radical (unpaired) electrons. The van der Waals surface area contributed by atoms with Gasteiger partial charge in [0.1, 0.15) is 12.5 Å². The smallest absolute Gasteiger partial charge is 0.328 e. The third kappa shape index (κ3) is 8.38. The van der Waals surface area contributed by atoms with E-state index in [4.69, 9.17) is 33.3 Å². The molecule has 0 atom stereocenters. The molecular weight excluding hydrogens is 586 g/mol. The van der Waals surface area contributed by atoms with E-state index in [2.05, 4.69) is 32.2 Å². The van der Waals surface area contributed by atoms with Crippen LogP contribution >= 0.6 is 8.60 Å². The van der Waals surface area contributed by atoms with Crippen LogP contribution in [0.2, 0.25) is 0 Å². The lowest BCUT2D eigenvalue weighted by molar-refractivity contribution is -0.133. The van der Waals surface area contributed by atoms with Crippen molar-refractivity contribution < 1.29 is 42.4 Å². The number of aromatic nitrogens is 3. The van der Waals surface area contributed by atoms with Crippen molar-refractivity contribution in [3.8, 4) is 23.0 Å². The zero-order chi connectivity index (χ0) is 31.9. The number of amides is 1. The Bertz CT molecular complexity index is 1450. The van der Waals surface area contributed by atoms with Crippen LogP contribution in [0.1, 0.15) is 27.7 Å². The van der Waals surface area contributed by atoms with Gasteiger partial charge in [-0.1, -0.05) is 5.57 Å². The van der Waals surface area contributed by atoms with E-state index < -0.39 is 32.7 Å². The molecule has 232 valence electrons. The molecule has 4 rings (SSSR count). The normalized spacial score (nSPS) is 13.3. The number of halogens is 1. The van der Waals surface area contributed by atoms with E-state index in [1.807, 2.05) is 13.8 Å². The molecule has 0 saturated heterocycles. The van der Waals surface area contributed by atoms with Crippen molar-refractivity contribution in [3.63, 3.8) is 0 Å². The Morgan fingerprint density at radius 1 is 1.09 bits per heavy atom. The Morgan fingerprint density at radius 3 is 2.28 bits per heavy atom.